The number of Topliss-reactive ketones (excluding diaryl/α,β-unsaturated/α-hetero) is 1. The van der Waals surface area contributed by atoms with Crippen molar-refractivity contribution in [2.45, 2.75) is 52.1 Å². The highest BCUT2D eigenvalue weighted by Crippen LogP contribution is 2.43. The first-order valence-corrected chi connectivity index (χ1v) is 6.36. The van der Waals surface area contributed by atoms with Crippen molar-refractivity contribution in [3.8, 4) is 0 Å². The highest BCUT2D eigenvalue weighted by atomic mass is 16.6. The van der Waals surface area contributed by atoms with E-state index in [1.165, 1.54) is 31.4 Å². The van der Waals surface area contributed by atoms with E-state index in [4.69, 9.17) is 4.84 Å². The van der Waals surface area contributed by atoms with E-state index < -0.39 is 0 Å². The van der Waals surface area contributed by atoms with Crippen LogP contribution in [-0.4, -0.2) is 17.6 Å². The molecule has 3 saturated carbocycles. The molecule has 16 heavy (non-hydrogen) atoms. The number of hydrogen-bond acceptors (Lipinski definition) is 3. The van der Waals surface area contributed by atoms with Gasteiger partial charge in [-0.15, -0.1) is 0 Å². The maximum atomic E-state index is 11.4. The summed E-state index contributed by atoms with van der Waals surface area (Å²) < 4.78 is 0. The third-order valence-electron chi connectivity index (χ3n) is 4.17. The largest absolute Gasteiger partial charge is 0.391 e. The van der Waals surface area contributed by atoms with Gasteiger partial charge in [-0.2, -0.15) is 0 Å². The fourth-order valence-electron chi connectivity index (χ4n) is 2.27. The van der Waals surface area contributed by atoms with Gasteiger partial charge < -0.3 is 4.84 Å². The van der Waals surface area contributed by atoms with Crippen LogP contribution in [0.5, 0.6) is 0 Å². The smallest absolute Gasteiger partial charge is 0.146 e. The first-order chi connectivity index (χ1) is 7.59. The highest BCUT2D eigenvalue weighted by Gasteiger charge is 2.50. The fraction of sp³-hybridized carbons (Fsp3) is 0.846. The van der Waals surface area contributed by atoms with Crippen molar-refractivity contribution < 1.29 is 9.63 Å². The van der Waals surface area contributed by atoms with Crippen LogP contribution in [-0.2, 0) is 9.63 Å². The Kier molecular flexibility index (Phi) is 2.13. The predicted octanol–water partition coefficient (Wildman–Crippen LogP) is 2.55. The van der Waals surface area contributed by atoms with E-state index in [-0.39, 0.29) is 11.5 Å². The van der Waals surface area contributed by atoms with E-state index >= 15 is 0 Å². The van der Waals surface area contributed by atoms with Crippen molar-refractivity contribution >= 4 is 11.5 Å². The minimum atomic E-state index is -0.318. The van der Waals surface area contributed by atoms with Crippen molar-refractivity contribution in [1.82, 2.24) is 0 Å². The van der Waals surface area contributed by atoms with Crippen LogP contribution in [0, 0.1) is 17.3 Å². The average molecular weight is 221 g/mol. The Morgan fingerprint density at radius 2 is 1.81 bits per heavy atom. The Bertz CT molecular complexity index is 337. The van der Waals surface area contributed by atoms with Crippen LogP contribution in [0.15, 0.2) is 5.16 Å². The molecule has 3 nitrogen and oxygen atoms in total. The number of rotatable bonds is 4. The van der Waals surface area contributed by atoms with Crippen molar-refractivity contribution in [3.05, 3.63) is 0 Å². The molecule has 3 rings (SSSR count). The van der Waals surface area contributed by atoms with E-state index in [9.17, 15) is 4.79 Å². The van der Waals surface area contributed by atoms with Gasteiger partial charge in [-0.05, 0) is 39.5 Å². The number of carbonyl (C=O) groups excluding carboxylic acids is 1. The zero-order chi connectivity index (χ0) is 11.3. The third-order valence-corrected chi connectivity index (χ3v) is 4.17. The molecule has 0 heterocycles. The van der Waals surface area contributed by atoms with Gasteiger partial charge >= 0.3 is 0 Å². The topological polar surface area (TPSA) is 38.7 Å². The summed E-state index contributed by atoms with van der Waals surface area (Å²) >= 11 is 0. The predicted molar refractivity (Wildman–Crippen MR) is 61.2 cm³/mol. The molecule has 0 saturated heterocycles. The molecule has 1 unspecified atom stereocenters. The molecule has 0 aromatic carbocycles. The molecule has 1 atom stereocenters. The van der Waals surface area contributed by atoms with Crippen molar-refractivity contribution in [3.63, 3.8) is 0 Å². The lowest BCUT2D eigenvalue weighted by Gasteiger charge is -2.39. The van der Waals surface area contributed by atoms with E-state index in [1.54, 1.807) is 0 Å². The molecule has 0 amide bonds. The first-order valence-electron chi connectivity index (χ1n) is 6.36. The quantitative estimate of drug-likeness (QED) is 0.540. The second kappa shape index (κ2) is 3.31. The second-order valence-electron chi connectivity index (χ2n) is 6.01. The highest BCUT2D eigenvalue weighted by molar-refractivity contribution is 5.93. The maximum absolute atomic E-state index is 11.4. The molecule has 0 spiro atoms. The Hall–Kier alpha value is -0.860. The van der Waals surface area contributed by atoms with Crippen LogP contribution in [0.25, 0.3) is 0 Å². The van der Waals surface area contributed by atoms with Crippen LogP contribution in [0.3, 0.4) is 0 Å². The average Bonchev–Trinajstić information content (AvgIpc) is 3.10. The molecule has 3 heteroatoms. The SMILES string of the molecule is CC1(C)C(=O)CC1ON=C(C1CC1)C1CC1. The van der Waals surface area contributed by atoms with E-state index in [0.717, 1.165) is 0 Å². The number of oxime groups is 1. The number of carbonyl (C=O) groups is 1. The Morgan fingerprint density at radius 1 is 1.25 bits per heavy atom. The van der Waals surface area contributed by atoms with Gasteiger partial charge in [0.05, 0.1) is 11.1 Å². The summed E-state index contributed by atoms with van der Waals surface area (Å²) in [5.74, 6) is 1.70. The van der Waals surface area contributed by atoms with Gasteiger partial charge in [-0.1, -0.05) is 5.16 Å². The molecule has 0 aromatic heterocycles. The van der Waals surface area contributed by atoms with Gasteiger partial charge in [0.2, 0.25) is 0 Å². The van der Waals surface area contributed by atoms with Crippen molar-refractivity contribution in [1.29, 1.82) is 0 Å². The number of hydrogen-bond donors (Lipinski definition) is 0. The molecular formula is C13H19NO2. The van der Waals surface area contributed by atoms with Crippen molar-refractivity contribution in [2.75, 3.05) is 0 Å². The summed E-state index contributed by atoms with van der Waals surface area (Å²) in [6.45, 7) is 3.90. The van der Waals surface area contributed by atoms with Gasteiger partial charge in [0, 0.05) is 18.3 Å². The van der Waals surface area contributed by atoms with Crippen LogP contribution in [0.4, 0.5) is 0 Å². The van der Waals surface area contributed by atoms with Crippen LogP contribution in [0.1, 0.15) is 46.0 Å². The molecular weight excluding hydrogens is 202 g/mol. The number of nitrogens with zero attached hydrogens (tertiary/aromatic N) is 1. The lowest BCUT2D eigenvalue weighted by atomic mass is 9.68. The maximum Gasteiger partial charge on any atom is 0.146 e. The third kappa shape index (κ3) is 1.66. The van der Waals surface area contributed by atoms with Gasteiger partial charge in [-0.3, -0.25) is 4.79 Å². The van der Waals surface area contributed by atoms with Gasteiger partial charge in [0.25, 0.3) is 0 Å². The summed E-state index contributed by atoms with van der Waals surface area (Å²) in [5.41, 5.74) is 0.969. The summed E-state index contributed by atoms with van der Waals surface area (Å²) in [4.78, 5) is 17.0. The first kappa shape index (κ1) is 10.3. The Balaban J connectivity index is 1.62. The summed E-state index contributed by atoms with van der Waals surface area (Å²) in [5, 5.41) is 4.36. The second-order valence-corrected chi connectivity index (χ2v) is 6.01. The Morgan fingerprint density at radius 3 is 2.19 bits per heavy atom. The van der Waals surface area contributed by atoms with Crippen molar-refractivity contribution in [2.24, 2.45) is 22.4 Å². The molecule has 0 aliphatic heterocycles. The lowest BCUT2D eigenvalue weighted by molar-refractivity contribution is -0.158. The summed E-state index contributed by atoms with van der Waals surface area (Å²) in [6.07, 6.45) is 5.68. The standard InChI is InChI=1S/C13H19NO2/c1-13(2)10(15)7-11(13)16-14-12(8-3-4-8)9-5-6-9/h8-9,11H,3-7H2,1-2H3. The van der Waals surface area contributed by atoms with Gasteiger partial charge in [0.1, 0.15) is 11.9 Å². The minimum absolute atomic E-state index is 0.00694. The van der Waals surface area contributed by atoms with E-state index in [0.29, 0.717) is 24.0 Å². The number of ketones is 1. The molecule has 3 aliphatic rings. The summed E-state index contributed by atoms with van der Waals surface area (Å²) in [7, 11) is 0. The van der Waals surface area contributed by atoms with Gasteiger partial charge in [0.15, 0.2) is 0 Å². The van der Waals surface area contributed by atoms with E-state index in [1.807, 2.05) is 13.8 Å². The van der Waals surface area contributed by atoms with Crippen LogP contribution in [0.2, 0.25) is 0 Å². The zero-order valence-electron chi connectivity index (χ0n) is 10.0. The molecule has 0 aromatic rings. The summed E-state index contributed by atoms with van der Waals surface area (Å²) in [6, 6.07) is 0. The fourth-order valence-corrected chi connectivity index (χ4v) is 2.27. The molecule has 3 fully saturated rings. The molecule has 88 valence electrons. The lowest BCUT2D eigenvalue weighted by Crippen LogP contribution is -2.50. The monoisotopic (exact) mass is 221 g/mol. The molecule has 3 aliphatic carbocycles. The minimum Gasteiger partial charge on any atom is -0.391 e. The van der Waals surface area contributed by atoms with Crippen LogP contribution >= 0.6 is 0 Å². The molecule has 0 N–H and O–H groups in total. The van der Waals surface area contributed by atoms with Crippen LogP contribution < -0.4 is 0 Å². The van der Waals surface area contributed by atoms with Gasteiger partial charge in [-0.25, -0.2) is 0 Å². The Labute approximate surface area is 96.2 Å². The molecule has 0 bridgehead atoms. The zero-order valence-corrected chi connectivity index (χ0v) is 10.0. The van der Waals surface area contributed by atoms with E-state index in [2.05, 4.69) is 5.16 Å². The molecule has 0 radical (unpaired) electrons. The normalized spacial score (nSPS) is 31.9.